The highest BCUT2D eigenvalue weighted by Crippen LogP contribution is 2.19. The standard InChI is InChI=1S/C29H42N2O4/c1-5-22(3)34-26-18-14-24(15-19-26)30-28(32)12-10-8-7-9-11-13-29(33)31-25-16-20-27(21-17-25)35-23(4)6-2/h14-23H,5-13H2,1-4H3,(H,30,32)(H,31,33). The van der Waals surface area contributed by atoms with Crippen LogP contribution in [0.15, 0.2) is 48.5 Å². The smallest absolute Gasteiger partial charge is 0.224 e. The van der Waals surface area contributed by atoms with Gasteiger partial charge in [-0.3, -0.25) is 9.59 Å². The van der Waals surface area contributed by atoms with E-state index in [0.717, 1.165) is 67.8 Å². The van der Waals surface area contributed by atoms with Crippen LogP contribution in [0, 0.1) is 0 Å². The first kappa shape index (κ1) is 28.2. The van der Waals surface area contributed by atoms with E-state index in [0.29, 0.717) is 12.8 Å². The van der Waals surface area contributed by atoms with Gasteiger partial charge in [0.25, 0.3) is 0 Å². The number of nitrogens with one attached hydrogen (secondary N) is 2. The Morgan fingerprint density at radius 2 is 0.971 bits per heavy atom. The average molecular weight is 483 g/mol. The van der Waals surface area contributed by atoms with E-state index in [1.807, 2.05) is 62.4 Å². The molecular formula is C29H42N2O4. The predicted octanol–water partition coefficient (Wildman–Crippen LogP) is 7.35. The van der Waals surface area contributed by atoms with Crippen molar-refractivity contribution in [3.05, 3.63) is 48.5 Å². The molecule has 2 atom stereocenters. The first-order valence-corrected chi connectivity index (χ1v) is 13.0. The molecule has 0 saturated heterocycles. The molecule has 2 rings (SSSR count). The molecule has 0 bridgehead atoms. The van der Waals surface area contributed by atoms with Gasteiger partial charge < -0.3 is 20.1 Å². The summed E-state index contributed by atoms with van der Waals surface area (Å²) in [6, 6.07) is 15.0. The number of amides is 2. The van der Waals surface area contributed by atoms with E-state index in [9.17, 15) is 9.59 Å². The van der Waals surface area contributed by atoms with Crippen LogP contribution in [0.1, 0.15) is 85.5 Å². The van der Waals surface area contributed by atoms with Gasteiger partial charge in [0.05, 0.1) is 12.2 Å². The Balaban J connectivity index is 1.52. The summed E-state index contributed by atoms with van der Waals surface area (Å²) in [6.45, 7) is 8.24. The first-order valence-electron chi connectivity index (χ1n) is 13.0. The molecule has 0 aliphatic heterocycles. The van der Waals surface area contributed by atoms with Crippen LogP contribution in [0.4, 0.5) is 11.4 Å². The number of unbranched alkanes of at least 4 members (excludes halogenated alkanes) is 4. The van der Waals surface area contributed by atoms with Crippen molar-refractivity contribution in [3.8, 4) is 11.5 Å². The quantitative estimate of drug-likeness (QED) is 0.245. The van der Waals surface area contributed by atoms with Gasteiger partial charge in [-0.15, -0.1) is 0 Å². The van der Waals surface area contributed by atoms with E-state index < -0.39 is 0 Å². The van der Waals surface area contributed by atoms with Crippen LogP contribution in [0.3, 0.4) is 0 Å². The fourth-order valence-electron chi connectivity index (χ4n) is 3.41. The molecule has 0 heterocycles. The van der Waals surface area contributed by atoms with E-state index in [-0.39, 0.29) is 24.0 Å². The van der Waals surface area contributed by atoms with Gasteiger partial charge in [0.2, 0.25) is 11.8 Å². The number of anilines is 2. The second kappa shape index (κ2) is 15.8. The minimum Gasteiger partial charge on any atom is -0.491 e. The minimum atomic E-state index is 0.0283. The molecule has 35 heavy (non-hydrogen) atoms. The molecule has 2 aromatic carbocycles. The molecule has 0 fully saturated rings. The van der Waals surface area contributed by atoms with Crippen molar-refractivity contribution >= 4 is 23.2 Å². The summed E-state index contributed by atoms with van der Waals surface area (Å²) in [5.41, 5.74) is 1.57. The second-order valence-electron chi connectivity index (χ2n) is 9.09. The molecule has 0 aliphatic carbocycles. The molecule has 6 heteroatoms. The monoisotopic (exact) mass is 482 g/mol. The number of rotatable bonds is 16. The van der Waals surface area contributed by atoms with Crippen molar-refractivity contribution < 1.29 is 19.1 Å². The van der Waals surface area contributed by atoms with E-state index >= 15 is 0 Å². The van der Waals surface area contributed by atoms with Gasteiger partial charge in [0.1, 0.15) is 11.5 Å². The lowest BCUT2D eigenvalue weighted by Crippen LogP contribution is -2.12. The predicted molar refractivity (Wildman–Crippen MR) is 143 cm³/mol. The molecule has 0 aliphatic rings. The van der Waals surface area contributed by atoms with Crippen LogP contribution in [-0.2, 0) is 9.59 Å². The maximum absolute atomic E-state index is 12.2. The molecule has 0 saturated carbocycles. The number of carbonyl (C=O) groups excluding carboxylic acids is 2. The lowest BCUT2D eigenvalue weighted by atomic mass is 10.1. The van der Waals surface area contributed by atoms with Gasteiger partial charge in [-0.05, 0) is 88.1 Å². The maximum Gasteiger partial charge on any atom is 0.224 e. The Bertz CT molecular complexity index is 807. The zero-order valence-corrected chi connectivity index (χ0v) is 21.8. The van der Waals surface area contributed by atoms with Gasteiger partial charge in [0, 0.05) is 24.2 Å². The Morgan fingerprint density at radius 1 is 0.629 bits per heavy atom. The second-order valence-corrected chi connectivity index (χ2v) is 9.09. The topological polar surface area (TPSA) is 76.7 Å². The Kier molecular flexibility index (Phi) is 12.7. The summed E-state index contributed by atoms with van der Waals surface area (Å²) in [6.07, 6.45) is 7.94. The lowest BCUT2D eigenvalue weighted by Gasteiger charge is -2.13. The van der Waals surface area contributed by atoms with Gasteiger partial charge in [0.15, 0.2) is 0 Å². The van der Waals surface area contributed by atoms with Gasteiger partial charge in [-0.2, -0.15) is 0 Å². The number of ether oxygens (including phenoxy) is 2. The molecule has 192 valence electrons. The number of hydrogen-bond acceptors (Lipinski definition) is 4. The van der Waals surface area contributed by atoms with Crippen molar-refractivity contribution in [1.29, 1.82) is 0 Å². The Hall–Kier alpha value is -3.02. The fourth-order valence-corrected chi connectivity index (χ4v) is 3.41. The average Bonchev–Trinajstić information content (AvgIpc) is 2.85. The lowest BCUT2D eigenvalue weighted by molar-refractivity contribution is -0.117. The van der Waals surface area contributed by atoms with Crippen molar-refractivity contribution in [2.45, 2.75) is 97.7 Å². The van der Waals surface area contributed by atoms with Crippen LogP contribution in [-0.4, -0.2) is 24.0 Å². The third kappa shape index (κ3) is 11.8. The third-order valence-corrected chi connectivity index (χ3v) is 5.91. The van der Waals surface area contributed by atoms with Crippen LogP contribution in [0.25, 0.3) is 0 Å². The van der Waals surface area contributed by atoms with Crippen LogP contribution < -0.4 is 20.1 Å². The zero-order valence-electron chi connectivity index (χ0n) is 21.8. The summed E-state index contributed by atoms with van der Waals surface area (Å²) >= 11 is 0. The normalized spacial score (nSPS) is 12.5. The molecule has 6 nitrogen and oxygen atoms in total. The molecule has 2 amide bonds. The van der Waals surface area contributed by atoms with E-state index in [4.69, 9.17) is 9.47 Å². The van der Waals surface area contributed by atoms with Gasteiger partial charge in [-0.25, -0.2) is 0 Å². The van der Waals surface area contributed by atoms with Crippen LogP contribution in [0.2, 0.25) is 0 Å². The summed E-state index contributed by atoms with van der Waals surface area (Å²) in [4.78, 5) is 24.3. The van der Waals surface area contributed by atoms with Crippen LogP contribution >= 0.6 is 0 Å². The zero-order chi connectivity index (χ0) is 25.5. The highest BCUT2D eigenvalue weighted by atomic mass is 16.5. The fraction of sp³-hybridized carbons (Fsp3) is 0.517. The van der Waals surface area contributed by atoms with E-state index in [1.165, 1.54) is 0 Å². The Morgan fingerprint density at radius 3 is 1.31 bits per heavy atom. The third-order valence-electron chi connectivity index (χ3n) is 5.91. The number of hydrogen-bond donors (Lipinski definition) is 2. The summed E-state index contributed by atoms with van der Waals surface area (Å²) < 4.78 is 11.5. The van der Waals surface area contributed by atoms with E-state index in [2.05, 4.69) is 24.5 Å². The maximum atomic E-state index is 12.2. The molecule has 2 unspecified atom stereocenters. The van der Waals surface area contributed by atoms with Gasteiger partial charge in [-0.1, -0.05) is 33.1 Å². The molecule has 0 spiro atoms. The number of benzene rings is 2. The summed E-state index contributed by atoms with van der Waals surface area (Å²) in [5, 5.41) is 5.87. The molecule has 0 aromatic heterocycles. The van der Waals surface area contributed by atoms with Crippen molar-refractivity contribution in [1.82, 2.24) is 0 Å². The van der Waals surface area contributed by atoms with Crippen molar-refractivity contribution in [2.24, 2.45) is 0 Å². The van der Waals surface area contributed by atoms with E-state index in [1.54, 1.807) is 0 Å². The highest BCUT2D eigenvalue weighted by Gasteiger charge is 2.06. The molecule has 0 radical (unpaired) electrons. The molecular weight excluding hydrogens is 440 g/mol. The SMILES string of the molecule is CCC(C)Oc1ccc(NC(=O)CCCCCCCC(=O)Nc2ccc(OC(C)CC)cc2)cc1. The van der Waals surface area contributed by atoms with Crippen molar-refractivity contribution in [2.75, 3.05) is 10.6 Å². The van der Waals surface area contributed by atoms with Gasteiger partial charge >= 0.3 is 0 Å². The highest BCUT2D eigenvalue weighted by molar-refractivity contribution is 5.91. The Labute approximate surface area is 210 Å². The summed E-state index contributed by atoms with van der Waals surface area (Å²) in [7, 11) is 0. The largest absolute Gasteiger partial charge is 0.491 e. The summed E-state index contributed by atoms with van der Waals surface area (Å²) in [5.74, 6) is 1.69. The van der Waals surface area contributed by atoms with Crippen molar-refractivity contribution in [3.63, 3.8) is 0 Å². The molecule has 2 aromatic rings. The number of carbonyl (C=O) groups is 2. The molecule has 2 N–H and O–H groups in total. The first-order chi connectivity index (χ1) is 16.9. The minimum absolute atomic E-state index is 0.0283. The van der Waals surface area contributed by atoms with Crippen LogP contribution in [0.5, 0.6) is 11.5 Å².